The first-order valence-corrected chi connectivity index (χ1v) is 4.14. The molecule has 1 atom stereocenters. The highest BCUT2D eigenvalue weighted by Gasteiger charge is 2.13. The summed E-state index contributed by atoms with van der Waals surface area (Å²) in [5, 5.41) is 3.39. The lowest BCUT2D eigenvalue weighted by Gasteiger charge is -2.07. The third-order valence-electron chi connectivity index (χ3n) is 1.79. The Hall–Kier alpha value is -0.520. The molecule has 11 heavy (non-hydrogen) atoms. The zero-order chi connectivity index (χ0) is 7.94. The second kappa shape index (κ2) is 5.17. The van der Waals surface area contributed by atoms with Crippen molar-refractivity contribution < 1.29 is 4.74 Å². The van der Waals surface area contributed by atoms with E-state index in [0.717, 1.165) is 32.6 Å². The average Bonchev–Trinajstić information content (AvgIpc) is 2.50. The van der Waals surface area contributed by atoms with E-state index in [-0.39, 0.29) is 0 Å². The fourth-order valence-electron chi connectivity index (χ4n) is 1.16. The Morgan fingerprint density at radius 1 is 1.64 bits per heavy atom. The minimum Gasteiger partial charge on any atom is -0.380 e. The lowest BCUT2D eigenvalue weighted by molar-refractivity contribution is 0.190. The molecule has 1 saturated heterocycles. The molecule has 1 unspecified atom stereocenters. The minimum absolute atomic E-state index is 0.577. The highest BCUT2D eigenvalue weighted by atomic mass is 16.5. The van der Waals surface area contributed by atoms with Gasteiger partial charge < -0.3 is 10.1 Å². The van der Waals surface area contributed by atoms with Crippen molar-refractivity contribution in [1.29, 1.82) is 0 Å². The summed E-state index contributed by atoms with van der Waals surface area (Å²) in [6, 6.07) is 0.577. The molecule has 0 radical (unpaired) electrons. The molecule has 1 rings (SSSR count). The van der Waals surface area contributed by atoms with Gasteiger partial charge in [-0.05, 0) is 13.3 Å². The van der Waals surface area contributed by atoms with Gasteiger partial charge in [0, 0.05) is 25.6 Å². The molecule has 1 fully saturated rings. The normalized spacial score (nSPS) is 22.8. The lowest BCUT2D eigenvalue weighted by atomic mass is 10.2. The predicted octanol–water partition coefficient (Wildman–Crippen LogP) is 0.778. The van der Waals surface area contributed by atoms with Gasteiger partial charge in [-0.2, -0.15) is 0 Å². The van der Waals surface area contributed by atoms with Gasteiger partial charge in [0.15, 0.2) is 0 Å². The first kappa shape index (κ1) is 8.58. The van der Waals surface area contributed by atoms with Crippen LogP contribution in [0.1, 0.15) is 19.8 Å². The molecule has 0 aromatic heterocycles. The van der Waals surface area contributed by atoms with Crippen LogP contribution in [0.25, 0.3) is 0 Å². The maximum atomic E-state index is 5.22. The molecule has 1 aliphatic heterocycles. The molecule has 0 spiro atoms. The molecule has 1 heterocycles. The number of ether oxygens (including phenoxy) is 1. The van der Waals surface area contributed by atoms with Gasteiger partial charge >= 0.3 is 0 Å². The van der Waals surface area contributed by atoms with Crippen LogP contribution in [0.15, 0.2) is 0 Å². The summed E-state index contributed by atoms with van der Waals surface area (Å²) in [4.78, 5) is 0. The van der Waals surface area contributed by atoms with E-state index in [9.17, 15) is 0 Å². The van der Waals surface area contributed by atoms with Crippen LogP contribution in [0.2, 0.25) is 0 Å². The van der Waals surface area contributed by atoms with E-state index in [2.05, 4.69) is 17.2 Å². The largest absolute Gasteiger partial charge is 0.380 e. The Labute approximate surface area is 68.3 Å². The van der Waals surface area contributed by atoms with Crippen LogP contribution in [0.4, 0.5) is 0 Å². The third-order valence-corrected chi connectivity index (χ3v) is 1.79. The van der Waals surface area contributed by atoms with Crippen LogP contribution < -0.4 is 5.32 Å². The van der Waals surface area contributed by atoms with E-state index in [1.807, 2.05) is 6.92 Å². The monoisotopic (exact) mass is 153 g/mol. The zero-order valence-corrected chi connectivity index (χ0v) is 7.02. The first-order valence-electron chi connectivity index (χ1n) is 4.14. The van der Waals surface area contributed by atoms with Crippen molar-refractivity contribution in [1.82, 2.24) is 5.32 Å². The van der Waals surface area contributed by atoms with Gasteiger partial charge in [0.2, 0.25) is 0 Å². The van der Waals surface area contributed by atoms with E-state index in [4.69, 9.17) is 4.74 Å². The average molecular weight is 153 g/mol. The topological polar surface area (TPSA) is 21.3 Å². The van der Waals surface area contributed by atoms with Crippen LogP contribution in [0, 0.1) is 11.8 Å². The summed E-state index contributed by atoms with van der Waals surface area (Å²) in [6.45, 7) is 4.66. The molecule has 0 aromatic carbocycles. The minimum atomic E-state index is 0.577. The quantitative estimate of drug-likeness (QED) is 0.478. The molecule has 0 aromatic rings. The van der Waals surface area contributed by atoms with Crippen molar-refractivity contribution in [3.8, 4) is 11.8 Å². The van der Waals surface area contributed by atoms with Crippen molar-refractivity contribution >= 4 is 0 Å². The molecule has 2 nitrogen and oxygen atoms in total. The number of rotatable bonds is 3. The second-order valence-electron chi connectivity index (χ2n) is 2.69. The van der Waals surface area contributed by atoms with Crippen molar-refractivity contribution in [2.75, 3.05) is 19.8 Å². The summed E-state index contributed by atoms with van der Waals surface area (Å²) in [5.41, 5.74) is 0. The summed E-state index contributed by atoms with van der Waals surface area (Å²) < 4.78 is 5.22. The van der Waals surface area contributed by atoms with Crippen molar-refractivity contribution in [3.63, 3.8) is 0 Å². The molecule has 2 heteroatoms. The molecule has 0 amide bonds. The number of hydrogen-bond acceptors (Lipinski definition) is 2. The summed E-state index contributed by atoms with van der Waals surface area (Å²) in [7, 11) is 0. The second-order valence-corrected chi connectivity index (χ2v) is 2.69. The molecule has 0 bridgehead atoms. The van der Waals surface area contributed by atoms with Gasteiger partial charge in [0.1, 0.15) is 0 Å². The van der Waals surface area contributed by atoms with E-state index < -0.39 is 0 Å². The standard InChI is InChI=1S/C9H15NO/c1-2-3-4-6-10-9-5-7-11-8-9/h9-10H,4-8H2,1H3. The van der Waals surface area contributed by atoms with Crippen LogP contribution in [-0.4, -0.2) is 25.8 Å². The van der Waals surface area contributed by atoms with E-state index in [0.29, 0.717) is 6.04 Å². The molecule has 0 saturated carbocycles. The van der Waals surface area contributed by atoms with Gasteiger partial charge in [-0.3, -0.25) is 0 Å². The SMILES string of the molecule is CC#CCCNC1CCOC1. The molecule has 1 N–H and O–H groups in total. The van der Waals surface area contributed by atoms with E-state index in [1.165, 1.54) is 0 Å². The maximum Gasteiger partial charge on any atom is 0.0620 e. The summed E-state index contributed by atoms with van der Waals surface area (Å²) in [6.07, 6.45) is 2.10. The zero-order valence-electron chi connectivity index (χ0n) is 7.02. The number of nitrogens with one attached hydrogen (secondary N) is 1. The van der Waals surface area contributed by atoms with Crippen molar-refractivity contribution in [3.05, 3.63) is 0 Å². The van der Waals surface area contributed by atoms with Gasteiger partial charge in [-0.1, -0.05) is 0 Å². The van der Waals surface area contributed by atoms with Gasteiger partial charge in [0.25, 0.3) is 0 Å². The molecular weight excluding hydrogens is 138 g/mol. The molecule has 62 valence electrons. The number of hydrogen-bond donors (Lipinski definition) is 1. The van der Waals surface area contributed by atoms with Crippen LogP contribution in [-0.2, 0) is 4.74 Å². The summed E-state index contributed by atoms with van der Waals surface area (Å²) >= 11 is 0. The predicted molar refractivity (Wildman–Crippen MR) is 45.3 cm³/mol. The third kappa shape index (κ3) is 3.41. The molecule has 1 aliphatic rings. The highest BCUT2D eigenvalue weighted by Crippen LogP contribution is 2.02. The fourth-order valence-corrected chi connectivity index (χ4v) is 1.16. The Morgan fingerprint density at radius 3 is 3.18 bits per heavy atom. The lowest BCUT2D eigenvalue weighted by Crippen LogP contribution is -2.29. The Bertz CT molecular complexity index is 151. The van der Waals surface area contributed by atoms with Gasteiger partial charge in [-0.15, -0.1) is 11.8 Å². The maximum absolute atomic E-state index is 5.22. The Kier molecular flexibility index (Phi) is 4.03. The summed E-state index contributed by atoms with van der Waals surface area (Å²) in [5.74, 6) is 5.89. The fraction of sp³-hybridized carbons (Fsp3) is 0.778. The van der Waals surface area contributed by atoms with E-state index >= 15 is 0 Å². The van der Waals surface area contributed by atoms with Crippen molar-refractivity contribution in [2.24, 2.45) is 0 Å². The van der Waals surface area contributed by atoms with Gasteiger partial charge in [-0.25, -0.2) is 0 Å². The van der Waals surface area contributed by atoms with Gasteiger partial charge in [0.05, 0.1) is 6.61 Å². The van der Waals surface area contributed by atoms with Crippen LogP contribution >= 0.6 is 0 Å². The van der Waals surface area contributed by atoms with Crippen molar-refractivity contribution in [2.45, 2.75) is 25.8 Å². The highest BCUT2D eigenvalue weighted by molar-refractivity contribution is 4.95. The smallest absolute Gasteiger partial charge is 0.0620 e. The van der Waals surface area contributed by atoms with Crippen LogP contribution in [0.5, 0.6) is 0 Å². The first-order chi connectivity index (χ1) is 5.43. The van der Waals surface area contributed by atoms with E-state index in [1.54, 1.807) is 0 Å². The Morgan fingerprint density at radius 2 is 2.55 bits per heavy atom. The molecule has 0 aliphatic carbocycles. The Balaban J connectivity index is 1.96. The molecular formula is C9H15NO. The van der Waals surface area contributed by atoms with Crippen LogP contribution in [0.3, 0.4) is 0 Å².